The lowest BCUT2D eigenvalue weighted by atomic mass is 10.1. The Labute approximate surface area is 145 Å². The van der Waals surface area contributed by atoms with E-state index in [-0.39, 0.29) is 11.3 Å². The standard InChI is InChI=1S/C16H13F3N4O3/c1-9-10(2)22-23(15(25)13(9)7-20)8-14(24)21-11-3-5-12(6-4-11)26-16(17,18)19/h3-6H,8H2,1-2H3,(H,21,24). The molecule has 1 amide bonds. The molecule has 1 aromatic heterocycles. The van der Waals surface area contributed by atoms with Crippen LogP contribution in [-0.4, -0.2) is 22.1 Å². The molecule has 7 nitrogen and oxygen atoms in total. The molecule has 1 aromatic carbocycles. The zero-order chi connectivity index (χ0) is 19.5. The molecule has 0 saturated carbocycles. The minimum Gasteiger partial charge on any atom is -0.406 e. The van der Waals surface area contributed by atoms with E-state index in [0.717, 1.165) is 16.8 Å². The number of nitriles is 1. The molecule has 0 aliphatic carbocycles. The lowest BCUT2D eigenvalue weighted by Crippen LogP contribution is -2.32. The summed E-state index contributed by atoms with van der Waals surface area (Å²) in [6.45, 7) is 2.73. The lowest BCUT2D eigenvalue weighted by molar-refractivity contribution is -0.274. The van der Waals surface area contributed by atoms with Crippen LogP contribution in [0.2, 0.25) is 0 Å². The summed E-state index contributed by atoms with van der Waals surface area (Å²) in [7, 11) is 0. The van der Waals surface area contributed by atoms with Gasteiger partial charge in [0.05, 0.1) is 5.69 Å². The Hall–Kier alpha value is -3.35. The van der Waals surface area contributed by atoms with Crippen LogP contribution in [0.1, 0.15) is 16.8 Å². The number of rotatable bonds is 4. The smallest absolute Gasteiger partial charge is 0.406 e. The highest BCUT2D eigenvalue weighted by atomic mass is 19.4. The molecule has 10 heteroatoms. The minimum atomic E-state index is -4.81. The van der Waals surface area contributed by atoms with Crippen molar-refractivity contribution in [1.29, 1.82) is 5.26 Å². The fourth-order valence-corrected chi connectivity index (χ4v) is 2.09. The van der Waals surface area contributed by atoms with Crippen molar-refractivity contribution in [2.75, 3.05) is 5.32 Å². The number of ether oxygens (including phenoxy) is 1. The number of hydrogen-bond donors (Lipinski definition) is 1. The Balaban J connectivity index is 2.12. The van der Waals surface area contributed by atoms with E-state index < -0.39 is 30.1 Å². The summed E-state index contributed by atoms with van der Waals surface area (Å²) in [5, 5.41) is 15.4. The van der Waals surface area contributed by atoms with Gasteiger partial charge in [0.25, 0.3) is 5.56 Å². The molecule has 2 aromatic rings. The highest BCUT2D eigenvalue weighted by molar-refractivity contribution is 5.90. The minimum absolute atomic E-state index is 0.0982. The summed E-state index contributed by atoms with van der Waals surface area (Å²) < 4.78 is 40.9. The van der Waals surface area contributed by atoms with Crippen LogP contribution in [0.4, 0.5) is 18.9 Å². The quantitative estimate of drug-likeness (QED) is 0.895. The van der Waals surface area contributed by atoms with Gasteiger partial charge in [-0.1, -0.05) is 0 Å². The van der Waals surface area contributed by atoms with Crippen molar-refractivity contribution >= 4 is 11.6 Å². The van der Waals surface area contributed by atoms with E-state index in [4.69, 9.17) is 5.26 Å². The summed E-state index contributed by atoms with van der Waals surface area (Å²) in [5.74, 6) is -1.06. The fraction of sp³-hybridized carbons (Fsp3) is 0.250. The molecule has 2 rings (SSSR count). The number of alkyl halides is 3. The summed E-state index contributed by atoms with van der Waals surface area (Å²) in [6.07, 6.45) is -4.81. The summed E-state index contributed by atoms with van der Waals surface area (Å²) in [5.41, 5.74) is 0.289. The molecule has 0 aliphatic heterocycles. The first-order valence-electron chi connectivity index (χ1n) is 7.25. The third-order valence-corrected chi connectivity index (χ3v) is 3.41. The average molecular weight is 366 g/mol. The number of hydrogen-bond acceptors (Lipinski definition) is 5. The number of carbonyl (C=O) groups excluding carboxylic acids is 1. The van der Waals surface area contributed by atoms with E-state index in [1.807, 2.05) is 0 Å². The van der Waals surface area contributed by atoms with E-state index >= 15 is 0 Å². The summed E-state index contributed by atoms with van der Waals surface area (Å²) in [6, 6.07) is 6.30. The lowest BCUT2D eigenvalue weighted by Gasteiger charge is -2.11. The first kappa shape index (κ1) is 19.0. The number of aryl methyl sites for hydroxylation is 1. The van der Waals surface area contributed by atoms with Crippen molar-refractivity contribution in [2.45, 2.75) is 26.8 Å². The van der Waals surface area contributed by atoms with E-state index in [0.29, 0.717) is 11.3 Å². The molecule has 1 heterocycles. The van der Waals surface area contributed by atoms with E-state index in [2.05, 4.69) is 15.2 Å². The van der Waals surface area contributed by atoms with E-state index in [1.165, 1.54) is 12.1 Å². The van der Waals surface area contributed by atoms with Gasteiger partial charge in [-0.25, -0.2) is 4.68 Å². The van der Waals surface area contributed by atoms with E-state index in [9.17, 15) is 22.8 Å². The van der Waals surface area contributed by atoms with Gasteiger partial charge >= 0.3 is 6.36 Å². The number of carbonyl (C=O) groups is 1. The number of halogens is 3. The Kier molecular flexibility index (Phi) is 5.30. The van der Waals surface area contributed by atoms with Crippen LogP contribution in [0.3, 0.4) is 0 Å². The van der Waals surface area contributed by atoms with Gasteiger partial charge in [-0.05, 0) is 43.7 Å². The maximum Gasteiger partial charge on any atom is 0.573 e. The van der Waals surface area contributed by atoms with Gasteiger partial charge in [0, 0.05) is 5.69 Å². The maximum absolute atomic E-state index is 12.1. The summed E-state index contributed by atoms with van der Waals surface area (Å²) >= 11 is 0. The molecule has 0 fully saturated rings. The highest BCUT2D eigenvalue weighted by Gasteiger charge is 2.30. The summed E-state index contributed by atoms with van der Waals surface area (Å²) in [4.78, 5) is 24.2. The van der Waals surface area contributed by atoms with Crippen LogP contribution >= 0.6 is 0 Å². The number of anilines is 1. The second kappa shape index (κ2) is 7.26. The Morgan fingerprint density at radius 3 is 2.46 bits per heavy atom. The molecule has 0 unspecified atom stereocenters. The molecule has 0 aliphatic rings. The molecule has 0 atom stereocenters. The predicted molar refractivity (Wildman–Crippen MR) is 84.4 cm³/mol. The van der Waals surface area contributed by atoms with Gasteiger partial charge in [0.1, 0.15) is 23.9 Å². The van der Waals surface area contributed by atoms with Crippen molar-refractivity contribution in [3.63, 3.8) is 0 Å². The molecule has 0 saturated heterocycles. The van der Waals surface area contributed by atoms with Gasteiger partial charge in [-0.15, -0.1) is 13.2 Å². The number of nitrogens with one attached hydrogen (secondary N) is 1. The second-order valence-electron chi connectivity index (χ2n) is 5.28. The molecule has 0 spiro atoms. The van der Waals surface area contributed by atoms with Crippen molar-refractivity contribution in [1.82, 2.24) is 9.78 Å². The molecular weight excluding hydrogens is 353 g/mol. The molecular formula is C16H13F3N4O3. The van der Waals surface area contributed by atoms with E-state index in [1.54, 1.807) is 19.9 Å². The third kappa shape index (κ3) is 4.60. The molecule has 26 heavy (non-hydrogen) atoms. The van der Waals surface area contributed by atoms with Crippen LogP contribution in [0.15, 0.2) is 29.1 Å². The highest BCUT2D eigenvalue weighted by Crippen LogP contribution is 2.23. The Morgan fingerprint density at radius 2 is 1.92 bits per heavy atom. The zero-order valence-corrected chi connectivity index (χ0v) is 13.7. The topological polar surface area (TPSA) is 97.0 Å². The molecule has 136 valence electrons. The Morgan fingerprint density at radius 1 is 1.31 bits per heavy atom. The number of aromatic nitrogens is 2. The SMILES string of the molecule is Cc1nn(CC(=O)Nc2ccc(OC(F)(F)F)cc2)c(=O)c(C#N)c1C. The van der Waals surface area contributed by atoms with Crippen molar-refractivity contribution in [3.8, 4) is 11.8 Å². The Bertz CT molecular complexity index is 928. The predicted octanol–water partition coefficient (Wildman–Crippen LogP) is 2.27. The zero-order valence-electron chi connectivity index (χ0n) is 13.7. The van der Waals surface area contributed by atoms with Crippen LogP contribution in [0.25, 0.3) is 0 Å². The molecule has 1 N–H and O–H groups in total. The van der Waals surface area contributed by atoms with Gasteiger partial charge < -0.3 is 10.1 Å². The van der Waals surface area contributed by atoms with Gasteiger partial charge in [0.15, 0.2) is 0 Å². The van der Waals surface area contributed by atoms with Crippen LogP contribution in [0, 0.1) is 25.2 Å². The first-order valence-corrected chi connectivity index (χ1v) is 7.25. The largest absolute Gasteiger partial charge is 0.573 e. The maximum atomic E-state index is 12.1. The van der Waals surface area contributed by atoms with Crippen molar-refractivity contribution < 1.29 is 22.7 Å². The third-order valence-electron chi connectivity index (χ3n) is 3.41. The van der Waals surface area contributed by atoms with Gasteiger partial charge in [0.2, 0.25) is 5.91 Å². The van der Waals surface area contributed by atoms with Gasteiger partial charge in [-0.2, -0.15) is 10.4 Å². The number of amides is 1. The van der Waals surface area contributed by atoms with Crippen LogP contribution < -0.4 is 15.6 Å². The first-order chi connectivity index (χ1) is 12.1. The van der Waals surface area contributed by atoms with Gasteiger partial charge in [-0.3, -0.25) is 9.59 Å². The fourth-order valence-electron chi connectivity index (χ4n) is 2.09. The molecule has 0 bridgehead atoms. The average Bonchev–Trinajstić information content (AvgIpc) is 2.54. The van der Waals surface area contributed by atoms with Crippen molar-refractivity contribution in [2.24, 2.45) is 0 Å². The number of nitrogens with zero attached hydrogens (tertiary/aromatic N) is 3. The van der Waals surface area contributed by atoms with Crippen molar-refractivity contribution in [3.05, 3.63) is 51.4 Å². The normalized spacial score (nSPS) is 10.9. The monoisotopic (exact) mass is 366 g/mol. The molecule has 0 radical (unpaired) electrons. The number of benzene rings is 1. The second-order valence-corrected chi connectivity index (χ2v) is 5.28. The van der Waals surface area contributed by atoms with Crippen LogP contribution in [-0.2, 0) is 11.3 Å². The van der Waals surface area contributed by atoms with Crippen LogP contribution in [0.5, 0.6) is 5.75 Å².